The Bertz CT molecular complexity index is 727. The maximum absolute atomic E-state index is 12.5. The monoisotopic (exact) mass is 308 g/mol. The molecule has 0 bridgehead atoms. The van der Waals surface area contributed by atoms with Crippen molar-refractivity contribution in [2.45, 2.75) is 16.3 Å². The summed E-state index contributed by atoms with van der Waals surface area (Å²) < 4.78 is 35.3. The molecule has 0 aliphatic carbocycles. The molecule has 0 aliphatic heterocycles. The molecular formula is C14H16N2O4S. The summed E-state index contributed by atoms with van der Waals surface area (Å²) in [5, 5.41) is 0. The minimum absolute atomic E-state index is 0.104. The van der Waals surface area contributed by atoms with Gasteiger partial charge in [0.05, 0.1) is 29.7 Å². The van der Waals surface area contributed by atoms with Gasteiger partial charge >= 0.3 is 0 Å². The van der Waals surface area contributed by atoms with E-state index >= 15 is 0 Å². The third kappa shape index (κ3) is 2.98. The van der Waals surface area contributed by atoms with Crippen LogP contribution in [-0.4, -0.2) is 27.6 Å². The van der Waals surface area contributed by atoms with Crippen LogP contribution in [0.25, 0.3) is 0 Å². The molecule has 21 heavy (non-hydrogen) atoms. The van der Waals surface area contributed by atoms with Gasteiger partial charge in [0.1, 0.15) is 0 Å². The van der Waals surface area contributed by atoms with E-state index in [1.165, 1.54) is 38.6 Å². The first-order valence-electron chi connectivity index (χ1n) is 6.15. The van der Waals surface area contributed by atoms with E-state index in [1.54, 1.807) is 12.1 Å². The molecule has 1 aromatic heterocycles. The fourth-order valence-electron chi connectivity index (χ4n) is 1.81. The fourth-order valence-corrected chi connectivity index (χ4v) is 3.03. The van der Waals surface area contributed by atoms with E-state index < -0.39 is 9.84 Å². The number of pyridine rings is 1. The van der Waals surface area contributed by atoms with Crippen molar-refractivity contribution in [1.29, 1.82) is 0 Å². The lowest BCUT2D eigenvalue weighted by Crippen LogP contribution is -2.05. The van der Waals surface area contributed by atoms with Crippen molar-refractivity contribution < 1.29 is 17.9 Å². The molecule has 0 saturated carbocycles. The van der Waals surface area contributed by atoms with Gasteiger partial charge < -0.3 is 15.2 Å². The first-order chi connectivity index (χ1) is 10.0. The van der Waals surface area contributed by atoms with Crippen molar-refractivity contribution >= 4 is 9.84 Å². The predicted octanol–water partition coefficient (Wildman–Crippen LogP) is 1.39. The van der Waals surface area contributed by atoms with Gasteiger partial charge in [-0.1, -0.05) is 0 Å². The van der Waals surface area contributed by atoms with E-state index in [2.05, 4.69) is 4.98 Å². The highest BCUT2D eigenvalue weighted by Crippen LogP contribution is 2.31. The number of hydrogen-bond donors (Lipinski definition) is 1. The van der Waals surface area contributed by atoms with Crippen molar-refractivity contribution in [3.63, 3.8) is 0 Å². The molecule has 1 aromatic carbocycles. The van der Waals surface area contributed by atoms with Crippen LogP contribution >= 0.6 is 0 Å². The smallest absolute Gasteiger partial charge is 0.208 e. The predicted molar refractivity (Wildman–Crippen MR) is 77.1 cm³/mol. The van der Waals surface area contributed by atoms with Gasteiger partial charge in [0, 0.05) is 18.8 Å². The summed E-state index contributed by atoms with van der Waals surface area (Å²) in [6.45, 7) is 0.261. The zero-order valence-corrected chi connectivity index (χ0v) is 12.6. The third-order valence-corrected chi connectivity index (χ3v) is 4.72. The van der Waals surface area contributed by atoms with E-state index in [4.69, 9.17) is 15.2 Å². The number of hydrogen-bond acceptors (Lipinski definition) is 6. The second-order valence-electron chi connectivity index (χ2n) is 4.21. The Labute approximate surface area is 123 Å². The van der Waals surface area contributed by atoms with Gasteiger partial charge in [0.2, 0.25) is 9.84 Å². The molecule has 2 rings (SSSR count). The molecule has 0 amide bonds. The largest absolute Gasteiger partial charge is 0.493 e. The van der Waals surface area contributed by atoms with E-state index in [9.17, 15) is 8.42 Å². The van der Waals surface area contributed by atoms with E-state index in [-0.39, 0.29) is 16.3 Å². The third-order valence-electron chi connectivity index (χ3n) is 2.98. The van der Waals surface area contributed by atoms with Crippen molar-refractivity contribution in [2.24, 2.45) is 5.73 Å². The van der Waals surface area contributed by atoms with E-state index in [1.807, 2.05) is 0 Å². The number of sulfone groups is 1. The van der Waals surface area contributed by atoms with Crippen LogP contribution in [-0.2, 0) is 16.4 Å². The van der Waals surface area contributed by atoms with Gasteiger partial charge in [-0.15, -0.1) is 0 Å². The average molecular weight is 308 g/mol. The maximum Gasteiger partial charge on any atom is 0.208 e. The highest BCUT2D eigenvalue weighted by molar-refractivity contribution is 7.91. The molecule has 0 aliphatic rings. The first kappa shape index (κ1) is 15.3. The molecular weight excluding hydrogens is 292 g/mol. The molecule has 0 saturated heterocycles. The molecule has 0 atom stereocenters. The summed E-state index contributed by atoms with van der Waals surface area (Å²) >= 11 is 0. The molecule has 0 unspecified atom stereocenters. The fraction of sp³-hybridized carbons (Fsp3) is 0.214. The Morgan fingerprint density at radius 3 is 2.24 bits per heavy atom. The van der Waals surface area contributed by atoms with Crippen LogP contribution in [0.5, 0.6) is 11.5 Å². The number of nitrogens with zero attached hydrogens (tertiary/aromatic N) is 1. The summed E-state index contributed by atoms with van der Waals surface area (Å²) in [6, 6.07) is 7.51. The van der Waals surface area contributed by atoms with Crippen molar-refractivity contribution in [3.8, 4) is 11.5 Å². The van der Waals surface area contributed by atoms with E-state index in [0.29, 0.717) is 17.2 Å². The Hall–Kier alpha value is -2.12. The molecule has 2 N–H and O–H groups in total. The molecule has 112 valence electrons. The minimum Gasteiger partial charge on any atom is -0.493 e. The van der Waals surface area contributed by atoms with Gasteiger partial charge in [-0.3, -0.25) is 4.98 Å². The molecule has 0 spiro atoms. The number of aromatic nitrogens is 1. The van der Waals surface area contributed by atoms with Crippen LogP contribution < -0.4 is 15.2 Å². The second kappa shape index (κ2) is 6.11. The zero-order chi connectivity index (χ0) is 15.5. The number of rotatable bonds is 5. The Balaban J connectivity index is 2.47. The van der Waals surface area contributed by atoms with Gasteiger partial charge in [-0.25, -0.2) is 8.42 Å². The second-order valence-corrected chi connectivity index (χ2v) is 6.16. The lowest BCUT2D eigenvalue weighted by molar-refractivity contribution is 0.354. The van der Waals surface area contributed by atoms with Crippen molar-refractivity contribution in [3.05, 3.63) is 42.2 Å². The van der Waals surface area contributed by atoms with Crippen molar-refractivity contribution in [1.82, 2.24) is 4.98 Å². The number of methoxy groups -OCH3 is 2. The topological polar surface area (TPSA) is 91.5 Å². The highest BCUT2D eigenvalue weighted by Gasteiger charge is 2.20. The van der Waals surface area contributed by atoms with Crippen LogP contribution in [0.3, 0.4) is 0 Å². The normalized spacial score (nSPS) is 11.2. The van der Waals surface area contributed by atoms with Gasteiger partial charge in [0.15, 0.2) is 11.5 Å². The summed E-state index contributed by atoms with van der Waals surface area (Å²) in [4.78, 5) is 4.22. The summed E-state index contributed by atoms with van der Waals surface area (Å²) in [5.74, 6) is 0.818. The lowest BCUT2D eigenvalue weighted by atomic mass is 10.3. The maximum atomic E-state index is 12.5. The first-order valence-corrected chi connectivity index (χ1v) is 7.63. The number of nitrogens with two attached hydrogens (primary N) is 1. The van der Waals surface area contributed by atoms with Crippen LogP contribution in [0.15, 0.2) is 46.3 Å². The molecule has 1 heterocycles. The standard InChI is InChI=1S/C14H16N2O4S/c1-19-13-6-5-11(7-14(13)20-2)21(17,18)12-4-3-10(8-15)16-9-12/h3-7,9H,8,15H2,1-2H3. The Morgan fingerprint density at radius 2 is 1.71 bits per heavy atom. The van der Waals surface area contributed by atoms with Gasteiger partial charge in [-0.05, 0) is 24.3 Å². The average Bonchev–Trinajstić information content (AvgIpc) is 2.54. The highest BCUT2D eigenvalue weighted by atomic mass is 32.2. The van der Waals surface area contributed by atoms with Gasteiger partial charge in [-0.2, -0.15) is 0 Å². The van der Waals surface area contributed by atoms with Crippen LogP contribution in [0.2, 0.25) is 0 Å². The lowest BCUT2D eigenvalue weighted by Gasteiger charge is -2.10. The quantitative estimate of drug-likeness (QED) is 0.897. The molecule has 6 nitrogen and oxygen atoms in total. The summed E-state index contributed by atoms with van der Waals surface area (Å²) in [7, 11) is -0.723. The molecule has 2 aromatic rings. The SMILES string of the molecule is COc1ccc(S(=O)(=O)c2ccc(CN)nc2)cc1OC. The molecule has 0 radical (unpaired) electrons. The summed E-state index contributed by atoms with van der Waals surface area (Å²) in [6.07, 6.45) is 1.30. The zero-order valence-electron chi connectivity index (χ0n) is 11.7. The Morgan fingerprint density at radius 1 is 1.05 bits per heavy atom. The molecule has 7 heteroatoms. The number of ether oxygens (including phenoxy) is 2. The molecule has 0 fully saturated rings. The Kier molecular flexibility index (Phi) is 4.44. The van der Waals surface area contributed by atoms with Gasteiger partial charge in [0.25, 0.3) is 0 Å². The summed E-state index contributed by atoms with van der Waals surface area (Å²) in [5.41, 5.74) is 6.07. The van der Waals surface area contributed by atoms with E-state index in [0.717, 1.165) is 0 Å². The van der Waals surface area contributed by atoms with Crippen molar-refractivity contribution in [2.75, 3.05) is 14.2 Å². The number of benzene rings is 1. The van der Waals surface area contributed by atoms with Crippen LogP contribution in [0, 0.1) is 0 Å². The minimum atomic E-state index is -3.66. The van der Waals surface area contributed by atoms with Crippen LogP contribution in [0.4, 0.5) is 0 Å². The van der Waals surface area contributed by atoms with Crippen LogP contribution in [0.1, 0.15) is 5.69 Å².